The van der Waals surface area contributed by atoms with Crippen molar-refractivity contribution in [2.45, 2.75) is 6.54 Å². The number of nitrogens with zero attached hydrogens (tertiary/aromatic N) is 1. The molecule has 4 rings (SSSR count). The van der Waals surface area contributed by atoms with Gasteiger partial charge in [-0.1, -0.05) is 18.2 Å². The van der Waals surface area contributed by atoms with Crippen molar-refractivity contribution >= 4 is 16.9 Å². The van der Waals surface area contributed by atoms with Gasteiger partial charge in [0.05, 0.1) is 12.5 Å². The van der Waals surface area contributed by atoms with Crippen molar-refractivity contribution in [3.05, 3.63) is 36.1 Å². The number of furan rings is 1. The molecule has 2 fully saturated rings. The zero-order valence-electron chi connectivity index (χ0n) is 10.5. The minimum atomic E-state index is -0.626. The minimum Gasteiger partial charge on any atom is -0.481 e. The first-order valence-electron chi connectivity index (χ1n) is 6.65. The highest BCUT2D eigenvalue weighted by Gasteiger charge is 2.59. The van der Waals surface area contributed by atoms with Gasteiger partial charge in [0.1, 0.15) is 11.3 Å². The van der Waals surface area contributed by atoms with E-state index in [1.165, 1.54) is 0 Å². The van der Waals surface area contributed by atoms with E-state index in [0.717, 1.165) is 36.4 Å². The molecule has 0 amide bonds. The van der Waals surface area contributed by atoms with E-state index in [1.807, 2.05) is 24.3 Å². The lowest BCUT2D eigenvalue weighted by Crippen LogP contribution is -2.25. The van der Waals surface area contributed by atoms with Crippen LogP contribution in [0.4, 0.5) is 0 Å². The highest BCUT2D eigenvalue weighted by Crippen LogP contribution is 2.52. The molecule has 0 spiro atoms. The summed E-state index contributed by atoms with van der Waals surface area (Å²) in [6.45, 7) is 2.56. The summed E-state index contributed by atoms with van der Waals surface area (Å²) in [5, 5.41) is 10.1. The molecule has 1 saturated carbocycles. The van der Waals surface area contributed by atoms with Crippen LogP contribution in [-0.2, 0) is 11.3 Å². The second kappa shape index (κ2) is 3.84. The summed E-state index contributed by atoms with van der Waals surface area (Å²) in [5.41, 5.74) is 0.922. The Morgan fingerprint density at radius 2 is 2.05 bits per heavy atom. The van der Waals surface area contributed by atoms with Gasteiger partial charge in [0.25, 0.3) is 0 Å². The Morgan fingerprint density at radius 3 is 2.74 bits per heavy atom. The lowest BCUT2D eigenvalue weighted by Gasteiger charge is -2.16. The monoisotopic (exact) mass is 257 g/mol. The maximum absolute atomic E-state index is 10.9. The number of hydrogen-bond donors (Lipinski definition) is 1. The minimum absolute atomic E-state index is 0.0908. The Labute approximate surface area is 110 Å². The van der Waals surface area contributed by atoms with E-state index >= 15 is 0 Å². The number of carboxylic acid groups (broad SMARTS) is 1. The molecular weight excluding hydrogens is 242 g/mol. The molecule has 0 bridgehead atoms. The summed E-state index contributed by atoms with van der Waals surface area (Å²) in [6.07, 6.45) is 0. The van der Waals surface area contributed by atoms with Gasteiger partial charge >= 0.3 is 5.97 Å². The van der Waals surface area contributed by atoms with E-state index in [2.05, 4.69) is 11.0 Å². The Hall–Kier alpha value is -1.81. The first-order chi connectivity index (χ1) is 9.22. The SMILES string of the molecule is O=C(O)C1[C@H]2CN(Cc3cc4ccccc4o3)C[C@@H]12. The van der Waals surface area contributed by atoms with Gasteiger partial charge in [-0.25, -0.2) is 0 Å². The number of hydrogen-bond acceptors (Lipinski definition) is 3. The van der Waals surface area contributed by atoms with Crippen LogP contribution in [0.5, 0.6) is 0 Å². The summed E-state index contributed by atoms with van der Waals surface area (Å²) in [6, 6.07) is 10.1. The number of benzene rings is 1. The number of likely N-dealkylation sites (tertiary alicyclic amines) is 1. The summed E-state index contributed by atoms with van der Waals surface area (Å²) >= 11 is 0. The van der Waals surface area contributed by atoms with E-state index in [-0.39, 0.29) is 5.92 Å². The molecule has 1 unspecified atom stereocenters. The molecule has 2 aromatic rings. The van der Waals surface area contributed by atoms with Crippen LogP contribution in [0, 0.1) is 17.8 Å². The van der Waals surface area contributed by atoms with Crippen LogP contribution >= 0.6 is 0 Å². The number of rotatable bonds is 3. The van der Waals surface area contributed by atoms with Crippen LogP contribution in [0.2, 0.25) is 0 Å². The first kappa shape index (κ1) is 11.1. The Kier molecular flexibility index (Phi) is 2.23. The van der Waals surface area contributed by atoms with Gasteiger partial charge in [-0.05, 0) is 24.0 Å². The largest absolute Gasteiger partial charge is 0.481 e. The summed E-state index contributed by atoms with van der Waals surface area (Å²) in [4.78, 5) is 13.2. The molecule has 3 atom stereocenters. The zero-order valence-corrected chi connectivity index (χ0v) is 10.5. The smallest absolute Gasteiger partial charge is 0.307 e. The third kappa shape index (κ3) is 1.75. The summed E-state index contributed by atoms with van der Waals surface area (Å²) in [5.74, 6) is 0.975. The molecule has 1 N–H and O–H groups in total. The van der Waals surface area contributed by atoms with Gasteiger partial charge in [0, 0.05) is 18.5 Å². The van der Waals surface area contributed by atoms with Crippen LogP contribution in [0.15, 0.2) is 34.7 Å². The van der Waals surface area contributed by atoms with Crippen molar-refractivity contribution in [1.29, 1.82) is 0 Å². The Balaban J connectivity index is 1.45. The van der Waals surface area contributed by atoms with E-state index in [1.54, 1.807) is 0 Å². The molecule has 2 aliphatic rings. The molecule has 1 aliphatic carbocycles. The number of fused-ring (bicyclic) bond motifs is 2. The summed E-state index contributed by atoms with van der Waals surface area (Å²) in [7, 11) is 0. The van der Waals surface area contributed by atoms with Crippen LogP contribution in [0.25, 0.3) is 11.0 Å². The standard InChI is InChI=1S/C15H15NO3/c17-15(18)14-11-7-16(8-12(11)14)6-10-5-9-3-1-2-4-13(9)19-10/h1-5,11-12,14H,6-8H2,(H,17,18)/t11-,12+,14?. The summed E-state index contributed by atoms with van der Waals surface area (Å²) < 4.78 is 5.80. The molecular formula is C15H15NO3. The van der Waals surface area contributed by atoms with Gasteiger partial charge < -0.3 is 9.52 Å². The number of aliphatic carboxylic acids is 1. The fourth-order valence-electron chi connectivity index (χ4n) is 3.44. The fraction of sp³-hybridized carbons (Fsp3) is 0.400. The quantitative estimate of drug-likeness (QED) is 0.915. The molecule has 1 saturated heterocycles. The van der Waals surface area contributed by atoms with Crippen molar-refractivity contribution in [1.82, 2.24) is 4.90 Å². The van der Waals surface area contributed by atoms with Crippen molar-refractivity contribution in [3.8, 4) is 0 Å². The first-order valence-corrected chi connectivity index (χ1v) is 6.65. The van der Waals surface area contributed by atoms with Gasteiger partial charge in [-0.2, -0.15) is 0 Å². The van der Waals surface area contributed by atoms with Crippen molar-refractivity contribution < 1.29 is 14.3 Å². The van der Waals surface area contributed by atoms with Gasteiger partial charge in [0.15, 0.2) is 0 Å². The Bertz CT molecular complexity index is 603. The predicted molar refractivity (Wildman–Crippen MR) is 69.6 cm³/mol. The molecule has 98 valence electrons. The average molecular weight is 257 g/mol. The highest BCUT2D eigenvalue weighted by molar-refractivity contribution is 5.77. The lowest BCUT2D eigenvalue weighted by molar-refractivity contribution is -0.139. The molecule has 19 heavy (non-hydrogen) atoms. The fourth-order valence-corrected chi connectivity index (χ4v) is 3.44. The van der Waals surface area contributed by atoms with Crippen molar-refractivity contribution in [3.63, 3.8) is 0 Å². The Morgan fingerprint density at radius 1 is 1.32 bits per heavy atom. The normalized spacial score (nSPS) is 29.6. The van der Waals surface area contributed by atoms with Crippen LogP contribution in [0.1, 0.15) is 5.76 Å². The third-order valence-electron chi connectivity index (χ3n) is 4.41. The topological polar surface area (TPSA) is 53.7 Å². The van der Waals surface area contributed by atoms with Gasteiger partial charge in [-0.15, -0.1) is 0 Å². The molecule has 2 heterocycles. The van der Waals surface area contributed by atoms with Crippen LogP contribution < -0.4 is 0 Å². The van der Waals surface area contributed by atoms with Gasteiger partial charge in [-0.3, -0.25) is 9.69 Å². The lowest BCUT2D eigenvalue weighted by atomic mass is 10.2. The van der Waals surface area contributed by atoms with Crippen LogP contribution in [0.3, 0.4) is 0 Å². The molecule has 1 aliphatic heterocycles. The van der Waals surface area contributed by atoms with E-state index in [4.69, 9.17) is 9.52 Å². The van der Waals surface area contributed by atoms with Crippen LogP contribution in [-0.4, -0.2) is 29.1 Å². The third-order valence-corrected chi connectivity index (χ3v) is 4.41. The van der Waals surface area contributed by atoms with E-state index in [9.17, 15) is 4.79 Å². The second-order valence-electron chi connectivity index (χ2n) is 5.64. The molecule has 0 radical (unpaired) electrons. The number of carbonyl (C=O) groups is 1. The van der Waals surface area contributed by atoms with Crippen molar-refractivity contribution in [2.24, 2.45) is 17.8 Å². The van der Waals surface area contributed by atoms with E-state index in [0.29, 0.717) is 11.8 Å². The predicted octanol–water partition coefficient (Wildman–Crippen LogP) is 2.20. The number of para-hydroxylation sites is 1. The zero-order chi connectivity index (χ0) is 13.0. The maximum atomic E-state index is 10.9. The number of piperidine rings is 1. The average Bonchev–Trinajstić information content (AvgIpc) is 2.73. The second-order valence-corrected chi connectivity index (χ2v) is 5.64. The molecule has 1 aromatic carbocycles. The molecule has 1 aromatic heterocycles. The number of carboxylic acids is 1. The maximum Gasteiger partial charge on any atom is 0.307 e. The molecule has 4 heteroatoms. The van der Waals surface area contributed by atoms with E-state index < -0.39 is 5.97 Å². The van der Waals surface area contributed by atoms with Gasteiger partial charge in [0.2, 0.25) is 0 Å². The molecule has 4 nitrogen and oxygen atoms in total. The van der Waals surface area contributed by atoms with Crippen molar-refractivity contribution in [2.75, 3.05) is 13.1 Å². The highest BCUT2D eigenvalue weighted by atomic mass is 16.4.